The van der Waals surface area contributed by atoms with Crippen molar-refractivity contribution in [2.24, 2.45) is 0 Å². The Balaban J connectivity index is 1.19. The number of allylic oxidation sites excluding steroid dienone is 2. The SMILES string of the molecule is C/C(=C\C(O)=C/c1ccccc1C)c1c(Cl)cc2c(N3CC4CCC(C3)N4)nc(OCCCN3C[C@H]4C[C@@H]3CO4)nc2c1F. The predicted molar refractivity (Wildman–Crippen MR) is 172 cm³/mol. The minimum Gasteiger partial charge on any atom is -0.508 e. The third kappa shape index (κ3) is 5.90. The fourth-order valence-corrected chi connectivity index (χ4v) is 7.57. The molecule has 2 N–H and O–H groups in total. The summed E-state index contributed by atoms with van der Waals surface area (Å²) >= 11 is 6.77. The number of benzene rings is 2. The third-order valence-electron chi connectivity index (χ3n) is 9.44. The maximum atomic E-state index is 16.5. The van der Waals surface area contributed by atoms with Gasteiger partial charge in [0.2, 0.25) is 0 Å². The lowest BCUT2D eigenvalue weighted by molar-refractivity contribution is 0.0287. The number of likely N-dealkylation sites (tertiary alicyclic amines) is 1. The van der Waals surface area contributed by atoms with Crippen LogP contribution in [0.1, 0.15) is 49.3 Å². The average molecular weight is 620 g/mol. The van der Waals surface area contributed by atoms with E-state index in [-0.39, 0.29) is 27.9 Å². The maximum absolute atomic E-state index is 16.5. The second-order valence-corrected chi connectivity index (χ2v) is 13.0. The summed E-state index contributed by atoms with van der Waals surface area (Å²) in [4.78, 5) is 14.1. The molecule has 2 aromatic carbocycles. The number of anilines is 1. The van der Waals surface area contributed by atoms with E-state index >= 15 is 4.39 Å². The molecule has 5 heterocycles. The number of ether oxygens (including phenoxy) is 2. The van der Waals surface area contributed by atoms with Crippen LogP contribution in [0.4, 0.5) is 10.2 Å². The minimum absolute atomic E-state index is 0.00819. The van der Waals surface area contributed by atoms with Crippen LogP contribution in [-0.2, 0) is 4.74 Å². The lowest BCUT2D eigenvalue weighted by atomic mass is 10.0. The van der Waals surface area contributed by atoms with Crippen molar-refractivity contribution in [2.75, 3.05) is 44.3 Å². The number of rotatable bonds is 9. The molecule has 4 aliphatic heterocycles. The van der Waals surface area contributed by atoms with Crippen molar-refractivity contribution in [3.8, 4) is 6.01 Å². The molecule has 4 bridgehead atoms. The first-order valence-electron chi connectivity index (χ1n) is 15.7. The molecule has 2 unspecified atom stereocenters. The van der Waals surface area contributed by atoms with Crippen LogP contribution in [0.2, 0.25) is 5.02 Å². The zero-order valence-electron chi connectivity index (χ0n) is 25.2. The quantitative estimate of drug-likeness (QED) is 0.174. The largest absolute Gasteiger partial charge is 0.508 e. The monoisotopic (exact) mass is 619 g/mol. The molecule has 0 spiro atoms. The first-order chi connectivity index (χ1) is 21.3. The molecule has 8 nitrogen and oxygen atoms in total. The van der Waals surface area contributed by atoms with Crippen LogP contribution in [0, 0.1) is 12.7 Å². The number of morpholine rings is 1. The van der Waals surface area contributed by atoms with E-state index in [0.717, 1.165) is 69.6 Å². The molecule has 3 aromatic rings. The zero-order valence-corrected chi connectivity index (χ0v) is 26.0. The highest BCUT2D eigenvalue weighted by atomic mass is 35.5. The standard InChI is InChI=1S/C34H39ClFN5O3/c1-20-6-3-4-7-22(20)13-26(42)12-21(2)30-29(35)15-28-32(31(30)36)38-34(39-33(28)41-16-23-8-9-24(17-41)37-23)43-11-5-10-40-18-27-14-25(40)19-44-27/h3-4,6-7,12-13,15,23-25,27,37,42H,5,8-11,14,16-19H2,1-2H3/b21-12+,26-13+/t23?,24?,25-,27-/m1/s1. The van der Waals surface area contributed by atoms with Crippen molar-refractivity contribution in [1.82, 2.24) is 20.2 Å². The molecule has 10 heteroatoms. The maximum Gasteiger partial charge on any atom is 0.319 e. The van der Waals surface area contributed by atoms with Gasteiger partial charge in [0.05, 0.1) is 24.3 Å². The number of hydrogen-bond acceptors (Lipinski definition) is 8. The number of aliphatic hydroxyl groups is 1. The van der Waals surface area contributed by atoms with Crippen molar-refractivity contribution in [3.63, 3.8) is 0 Å². The molecule has 232 valence electrons. The molecular weight excluding hydrogens is 581 g/mol. The van der Waals surface area contributed by atoms with Crippen molar-refractivity contribution in [3.05, 3.63) is 69.7 Å². The second kappa shape index (κ2) is 12.3. The first-order valence-corrected chi connectivity index (χ1v) is 16.0. The number of aliphatic hydroxyl groups excluding tert-OH is 1. The number of aryl methyl sites for hydroxylation is 1. The normalized spacial score (nSPS) is 25.4. The Morgan fingerprint density at radius 2 is 2.00 bits per heavy atom. The molecule has 4 fully saturated rings. The van der Waals surface area contributed by atoms with E-state index in [1.54, 1.807) is 19.1 Å². The van der Waals surface area contributed by atoms with Crippen LogP contribution in [0.25, 0.3) is 22.6 Å². The number of piperazine rings is 1. The fourth-order valence-electron chi connectivity index (χ4n) is 7.22. The van der Waals surface area contributed by atoms with Crippen molar-refractivity contribution < 1.29 is 19.0 Å². The third-order valence-corrected chi connectivity index (χ3v) is 9.74. The molecular formula is C34H39ClFN5O3. The molecule has 0 saturated carbocycles. The molecule has 44 heavy (non-hydrogen) atoms. The lowest BCUT2D eigenvalue weighted by Gasteiger charge is -2.34. The Bertz CT molecular complexity index is 1620. The Labute approximate surface area is 262 Å². The minimum atomic E-state index is -0.551. The number of nitrogens with zero attached hydrogens (tertiary/aromatic N) is 4. The Kier molecular flexibility index (Phi) is 8.22. The first kappa shape index (κ1) is 29.5. The summed E-state index contributed by atoms with van der Waals surface area (Å²) in [5.74, 6) is 0.104. The van der Waals surface area contributed by atoms with Gasteiger partial charge in [-0.25, -0.2) is 4.39 Å². The van der Waals surface area contributed by atoms with E-state index in [2.05, 4.69) is 20.1 Å². The lowest BCUT2D eigenvalue weighted by Crippen LogP contribution is -2.51. The molecule has 4 aliphatic rings. The van der Waals surface area contributed by atoms with Gasteiger partial charge in [0, 0.05) is 55.3 Å². The number of hydrogen-bond donors (Lipinski definition) is 2. The van der Waals surface area contributed by atoms with Crippen molar-refractivity contribution in [1.29, 1.82) is 0 Å². The molecule has 0 radical (unpaired) electrons. The number of fused-ring (bicyclic) bond motifs is 5. The molecule has 0 aliphatic carbocycles. The van der Waals surface area contributed by atoms with Gasteiger partial charge in [-0.2, -0.15) is 9.97 Å². The van der Waals surface area contributed by atoms with Gasteiger partial charge in [0.1, 0.15) is 17.1 Å². The molecule has 4 saturated heterocycles. The smallest absolute Gasteiger partial charge is 0.319 e. The van der Waals surface area contributed by atoms with E-state index < -0.39 is 5.82 Å². The van der Waals surface area contributed by atoms with Crippen LogP contribution in [0.15, 0.2) is 42.2 Å². The summed E-state index contributed by atoms with van der Waals surface area (Å²) in [5.41, 5.74) is 2.77. The summed E-state index contributed by atoms with van der Waals surface area (Å²) in [7, 11) is 0. The highest BCUT2D eigenvalue weighted by Crippen LogP contribution is 2.38. The van der Waals surface area contributed by atoms with E-state index in [4.69, 9.17) is 26.1 Å². The summed E-state index contributed by atoms with van der Waals surface area (Å²) < 4.78 is 28.3. The number of aromatic nitrogens is 2. The second-order valence-electron chi connectivity index (χ2n) is 12.6. The Hall–Kier alpha value is -3.24. The zero-order chi connectivity index (χ0) is 30.4. The highest BCUT2D eigenvalue weighted by molar-refractivity contribution is 6.33. The summed E-state index contributed by atoms with van der Waals surface area (Å²) in [6.45, 7) is 8.41. The van der Waals surface area contributed by atoms with Gasteiger partial charge in [-0.05, 0) is 74.4 Å². The van der Waals surface area contributed by atoms with Gasteiger partial charge in [-0.3, -0.25) is 4.90 Å². The van der Waals surface area contributed by atoms with Crippen molar-refractivity contribution in [2.45, 2.75) is 63.8 Å². The predicted octanol–water partition coefficient (Wildman–Crippen LogP) is 5.92. The molecule has 4 atom stereocenters. The van der Waals surface area contributed by atoms with E-state index in [0.29, 0.717) is 47.6 Å². The summed E-state index contributed by atoms with van der Waals surface area (Å²) in [5, 5.41) is 15.2. The van der Waals surface area contributed by atoms with Crippen LogP contribution in [0.5, 0.6) is 6.01 Å². The number of halogens is 2. The van der Waals surface area contributed by atoms with Gasteiger partial charge in [0.15, 0.2) is 5.82 Å². The van der Waals surface area contributed by atoms with Gasteiger partial charge in [-0.1, -0.05) is 35.9 Å². The van der Waals surface area contributed by atoms with Crippen molar-refractivity contribution >= 4 is 40.0 Å². The highest BCUT2D eigenvalue weighted by Gasteiger charge is 2.38. The summed E-state index contributed by atoms with van der Waals surface area (Å²) in [6.07, 6.45) is 7.72. The van der Waals surface area contributed by atoms with E-state index in [1.807, 2.05) is 31.2 Å². The van der Waals surface area contributed by atoms with E-state index in [1.165, 1.54) is 6.08 Å². The van der Waals surface area contributed by atoms with Crippen LogP contribution in [-0.4, -0.2) is 83.6 Å². The topological polar surface area (TPSA) is 83.0 Å². The molecule has 0 amide bonds. The van der Waals surface area contributed by atoms with Gasteiger partial charge >= 0.3 is 6.01 Å². The Morgan fingerprint density at radius 3 is 2.73 bits per heavy atom. The van der Waals surface area contributed by atoms with Crippen LogP contribution in [0.3, 0.4) is 0 Å². The number of nitrogens with one attached hydrogen (secondary N) is 1. The van der Waals surface area contributed by atoms with Crippen LogP contribution < -0.4 is 15.0 Å². The van der Waals surface area contributed by atoms with E-state index in [9.17, 15) is 5.11 Å². The Morgan fingerprint density at radius 1 is 1.20 bits per heavy atom. The molecule has 1 aromatic heterocycles. The summed E-state index contributed by atoms with van der Waals surface area (Å²) in [6, 6.07) is 10.9. The average Bonchev–Trinajstić information content (AvgIpc) is 3.72. The fraction of sp³-hybridized carbons (Fsp3) is 0.471. The van der Waals surface area contributed by atoms with Gasteiger partial charge in [-0.15, -0.1) is 0 Å². The molecule has 7 rings (SSSR count). The van der Waals surface area contributed by atoms with Gasteiger partial charge in [0.25, 0.3) is 0 Å². The van der Waals surface area contributed by atoms with Gasteiger partial charge < -0.3 is 24.8 Å². The van der Waals surface area contributed by atoms with Crippen LogP contribution >= 0.6 is 11.6 Å².